The van der Waals surface area contributed by atoms with Crippen LogP contribution in [0.4, 0.5) is 4.39 Å². The number of rotatable bonds is 5. The van der Waals surface area contributed by atoms with E-state index in [1.807, 2.05) is 0 Å². The fourth-order valence-corrected chi connectivity index (χ4v) is 1.61. The molecule has 1 aliphatic rings. The molecular formula is C13H15FN2O. The van der Waals surface area contributed by atoms with Crippen LogP contribution in [-0.2, 0) is 0 Å². The molecule has 0 radical (unpaired) electrons. The Balaban J connectivity index is 1.89. The van der Waals surface area contributed by atoms with Crippen molar-refractivity contribution in [2.24, 2.45) is 0 Å². The highest BCUT2D eigenvalue weighted by Crippen LogP contribution is 2.21. The molecule has 1 aliphatic carbocycles. The quantitative estimate of drug-likeness (QED) is 0.849. The zero-order valence-electron chi connectivity index (χ0n) is 9.74. The molecule has 0 spiro atoms. The first-order valence-corrected chi connectivity index (χ1v) is 5.73. The number of halogens is 1. The van der Waals surface area contributed by atoms with Crippen LogP contribution < -0.4 is 10.1 Å². The van der Waals surface area contributed by atoms with Crippen molar-refractivity contribution in [1.29, 1.82) is 5.26 Å². The summed E-state index contributed by atoms with van der Waals surface area (Å²) in [6.45, 7) is 2.08. The monoisotopic (exact) mass is 234 g/mol. The summed E-state index contributed by atoms with van der Waals surface area (Å²) in [4.78, 5) is 0. The van der Waals surface area contributed by atoms with Crippen LogP contribution in [0, 0.1) is 24.1 Å². The summed E-state index contributed by atoms with van der Waals surface area (Å²) in [5.41, 5.74) is 0.744. The third kappa shape index (κ3) is 3.43. The van der Waals surface area contributed by atoms with Gasteiger partial charge < -0.3 is 4.74 Å². The van der Waals surface area contributed by atoms with Gasteiger partial charge in [0.25, 0.3) is 0 Å². The van der Waals surface area contributed by atoms with Gasteiger partial charge in [-0.25, -0.2) is 4.39 Å². The number of nitriles is 1. The van der Waals surface area contributed by atoms with Gasteiger partial charge in [-0.1, -0.05) is 0 Å². The Kier molecular flexibility index (Phi) is 3.60. The molecule has 1 fully saturated rings. The summed E-state index contributed by atoms with van der Waals surface area (Å²) in [7, 11) is 0. The average Bonchev–Trinajstić information content (AvgIpc) is 3.10. The van der Waals surface area contributed by atoms with E-state index in [0.29, 0.717) is 18.4 Å². The van der Waals surface area contributed by atoms with Crippen LogP contribution in [-0.4, -0.2) is 18.7 Å². The molecule has 1 atom stereocenters. The Morgan fingerprint density at radius 1 is 1.59 bits per heavy atom. The van der Waals surface area contributed by atoms with E-state index in [-0.39, 0.29) is 11.9 Å². The van der Waals surface area contributed by atoms with E-state index >= 15 is 0 Å². The highest BCUT2D eigenvalue weighted by Gasteiger charge is 2.24. The molecule has 0 aromatic heterocycles. The zero-order valence-corrected chi connectivity index (χ0v) is 9.74. The first-order valence-electron chi connectivity index (χ1n) is 5.73. The summed E-state index contributed by atoms with van der Waals surface area (Å²) < 4.78 is 18.4. The molecule has 1 N–H and O–H groups in total. The molecule has 0 amide bonds. The van der Waals surface area contributed by atoms with E-state index in [1.54, 1.807) is 13.0 Å². The molecule has 0 heterocycles. The largest absolute Gasteiger partial charge is 0.491 e. The van der Waals surface area contributed by atoms with Crippen LogP contribution in [0.3, 0.4) is 0 Å². The molecule has 0 bridgehead atoms. The van der Waals surface area contributed by atoms with E-state index in [2.05, 4.69) is 11.4 Å². The number of aryl methyl sites for hydroxylation is 1. The first-order chi connectivity index (χ1) is 8.19. The molecule has 1 saturated carbocycles. The van der Waals surface area contributed by atoms with Crippen LogP contribution in [0.1, 0.15) is 18.4 Å². The molecular weight excluding hydrogens is 219 g/mol. The number of ether oxygens (including phenoxy) is 1. The molecule has 4 heteroatoms. The lowest BCUT2D eigenvalue weighted by Gasteiger charge is -2.13. The minimum Gasteiger partial charge on any atom is -0.491 e. The summed E-state index contributed by atoms with van der Waals surface area (Å²) in [5.74, 6) is 0.354. The zero-order chi connectivity index (χ0) is 12.3. The summed E-state index contributed by atoms with van der Waals surface area (Å²) in [5, 5.41) is 12.1. The van der Waals surface area contributed by atoms with Crippen molar-refractivity contribution in [3.05, 3.63) is 29.6 Å². The average molecular weight is 234 g/mol. The molecule has 1 unspecified atom stereocenters. The highest BCUT2D eigenvalue weighted by molar-refractivity contribution is 5.32. The van der Waals surface area contributed by atoms with Crippen molar-refractivity contribution in [1.82, 2.24) is 5.32 Å². The normalized spacial score (nSPS) is 16.3. The maximum absolute atomic E-state index is 12.9. The molecule has 0 aliphatic heterocycles. The lowest BCUT2D eigenvalue weighted by Crippen LogP contribution is -2.34. The third-order valence-electron chi connectivity index (χ3n) is 2.71. The van der Waals surface area contributed by atoms with Crippen molar-refractivity contribution in [3.8, 4) is 11.8 Å². The number of hydrogen-bond donors (Lipinski definition) is 1. The van der Waals surface area contributed by atoms with Crippen LogP contribution in [0.5, 0.6) is 5.75 Å². The Hall–Kier alpha value is -1.60. The molecule has 0 saturated heterocycles. The van der Waals surface area contributed by atoms with Crippen LogP contribution in [0.2, 0.25) is 0 Å². The molecule has 1 aromatic rings. The van der Waals surface area contributed by atoms with Crippen molar-refractivity contribution >= 4 is 0 Å². The van der Waals surface area contributed by atoms with E-state index in [9.17, 15) is 4.39 Å². The lowest BCUT2D eigenvalue weighted by atomic mass is 10.2. The Labute approximate surface area is 100 Å². The van der Waals surface area contributed by atoms with Crippen molar-refractivity contribution in [2.45, 2.75) is 31.8 Å². The van der Waals surface area contributed by atoms with Gasteiger partial charge in [0.15, 0.2) is 0 Å². The van der Waals surface area contributed by atoms with Crippen molar-refractivity contribution in [3.63, 3.8) is 0 Å². The molecule has 17 heavy (non-hydrogen) atoms. The van der Waals surface area contributed by atoms with E-state index < -0.39 is 0 Å². The van der Waals surface area contributed by atoms with Gasteiger partial charge in [0, 0.05) is 6.04 Å². The minimum atomic E-state index is -0.299. The van der Waals surface area contributed by atoms with Crippen LogP contribution in [0.25, 0.3) is 0 Å². The van der Waals surface area contributed by atoms with Crippen LogP contribution >= 0.6 is 0 Å². The third-order valence-corrected chi connectivity index (χ3v) is 2.71. The van der Waals surface area contributed by atoms with E-state index in [1.165, 1.54) is 12.1 Å². The lowest BCUT2D eigenvalue weighted by molar-refractivity contribution is 0.286. The first kappa shape index (κ1) is 11.9. The van der Waals surface area contributed by atoms with Crippen molar-refractivity contribution in [2.75, 3.05) is 6.61 Å². The van der Waals surface area contributed by atoms with Gasteiger partial charge in [-0.2, -0.15) is 5.26 Å². The van der Waals surface area contributed by atoms with Gasteiger partial charge in [0.1, 0.15) is 24.2 Å². The van der Waals surface area contributed by atoms with Gasteiger partial charge >= 0.3 is 0 Å². The Morgan fingerprint density at radius 3 is 2.94 bits per heavy atom. The Bertz CT molecular complexity index is 438. The fourth-order valence-electron chi connectivity index (χ4n) is 1.61. The fraction of sp³-hybridized carbons (Fsp3) is 0.462. The van der Waals surface area contributed by atoms with Crippen LogP contribution in [0.15, 0.2) is 18.2 Å². The van der Waals surface area contributed by atoms with Gasteiger partial charge in [0.2, 0.25) is 0 Å². The molecule has 90 valence electrons. The highest BCUT2D eigenvalue weighted by atomic mass is 19.1. The van der Waals surface area contributed by atoms with E-state index in [4.69, 9.17) is 10.00 Å². The predicted molar refractivity (Wildman–Crippen MR) is 62.2 cm³/mol. The molecule has 2 rings (SSSR count). The van der Waals surface area contributed by atoms with Gasteiger partial charge in [-0.3, -0.25) is 5.32 Å². The summed E-state index contributed by atoms with van der Waals surface area (Å²) in [6, 6.07) is 6.71. The second kappa shape index (κ2) is 5.15. The van der Waals surface area contributed by atoms with Gasteiger partial charge in [-0.15, -0.1) is 0 Å². The SMILES string of the molecule is Cc1cc(F)ccc1OCC(C#N)NC1CC1. The number of nitrogens with one attached hydrogen (secondary N) is 1. The predicted octanol–water partition coefficient (Wildman–Crippen LogP) is 2.16. The number of nitrogens with zero attached hydrogens (tertiary/aromatic N) is 1. The second-order valence-electron chi connectivity index (χ2n) is 4.34. The van der Waals surface area contributed by atoms with Gasteiger partial charge in [-0.05, 0) is 43.5 Å². The van der Waals surface area contributed by atoms with Crippen molar-refractivity contribution < 1.29 is 9.13 Å². The van der Waals surface area contributed by atoms with Gasteiger partial charge in [0.05, 0.1) is 6.07 Å². The molecule has 1 aromatic carbocycles. The maximum Gasteiger partial charge on any atom is 0.130 e. The second-order valence-corrected chi connectivity index (χ2v) is 4.34. The van der Waals surface area contributed by atoms with E-state index in [0.717, 1.165) is 18.4 Å². The topological polar surface area (TPSA) is 45.0 Å². The number of benzene rings is 1. The Morgan fingerprint density at radius 2 is 2.35 bits per heavy atom. The standard InChI is InChI=1S/C13H15FN2O/c1-9-6-10(14)2-5-13(9)17-8-12(7-15)16-11-3-4-11/h2,5-6,11-12,16H,3-4,8H2,1H3. The maximum atomic E-state index is 12.9. The summed E-state index contributed by atoms with van der Waals surface area (Å²) in [6.07, 6.45) is 2.27. The summed E-state index contributed by atoms with van der Waals surface area (Å²) >= 11 is 0. The number of hydrogen-bond acceptors (Lipinski definition) is 3. The smallest absolute Gasteiger partial charge is 0.130 e. The minimum absolute atomic E-state index is 0.275. The molecule has 3 nitrogen and oxygen atoms in total.